The highest BCUT2D eigenvalue weighted by atomic mass is 32.2. The summed E-state index contributed by atoms with van der Waals surface area (Å²) < 4.78 is 31.6. The number of thiophene rings is 1. The highest BCUT2D eigenvalue weighted by Crippen LogP contribution is 2.27. The van der Waals surface area contributed by atoms with E-state index in [-0.39, 0.29) is 12.5 Å². The highest BCUT2D eigenvalue weighted by molar-refractivity contribution is 7.91. The van der Waals surface area contributed by atoms with Gasteiger partial charge in [-0.1, -0.05) is 6.07 Å². The molecular formula is C18H20N2O5S2. The number of hydrogen-bond acceptors (Lipinski definition) is 6. The van der Waals surface area contributed by atoms with Gasteiger partial charge in [0, 0.05) is 18.8 Å². The first-order chi connectivity index (χ1) is 12.9. The van der Waals surface area contributed by atoms with Crippen LogP contribution in [0.5, 0.6) is 0 Å². The maximum Gasteiger partial charge on any atom is 0.337 e. The fraction of sp³-hybridized carbons (Fsp3) is 0.333. The third kappa shape index (κ3) is 4.37. The second-order valence-electron chi connectivity index (χ2n) is 6.19. The van der Waals surface area contributed by atoms with Crippen LogP contribution in [-0.4, -0.2) is 44.8 Å². The summed E-state index contributed by atoms with van der Waals surface area (Å²) in [4.78, 5) is 24.0. The molecule has 0 bridgehead atoms. The van der Waals surface area contributed by atoms with E-state index in [1.807, 2.05) is 0 Å². The zero-order valence-corrected chi connectivity index (χ0v) is 16.4. The number of sulfonamides is 1. The number of esters is 1. The number of ether oxygens (including phenoxy) is 1. The first-order valence-corrected chi connectivity index (χ1v) is 10.8. The van der Waals surface area contributed by atoms with Gasteiger partial charge in [-0.2, -0.15) is 4.31 Å². The number of carbonyl (C=O) groups is 2. The van der Waals surface area contributed by atoms with Crippen molar-refractivity contribution in [1.29, 1.82) is 0 Å². The third-order valence-electron chi connectivity index (χ3n) is 4.42. The summed E-state index contributed by atoms with van der Waals surface area (Å²) in [5, 5.41) is 4.51. The molecule has 1 aromatic carbocycles. The number of anilines is 1. The van der Waals surface area contributed by atoms with Crippen LogP contribution in [0, 0.1) is 5.92 Å². The van der Waals surface area contributed by atoms with E-state index >= 15 is 0 Å². The lowest BCUT2D eigenvalue weighted by Crippen LogP contribution is -2.43. The Bertz CT molecular complexity index is 908. The molecular weight excluding hydrogens is 388 g/mol. The first kappa shape index (κ1) is 19.5. The van der Waals surface area contributed by atoms with Gasteiger partial charge in [0.25, 0.3) is 10.0 Å². The Morgan fingerprint density at radius 3 is 2.59 bits per heavy atom. The van der Waals surface area contributed by atoms with Gasteiger partial charge in [-0.25, -0.2) is 13.2 Å². The Morgan fingerprint density at radius 2 is 1.96 bits per heavy atom. The molecule has 3 rings (SSSR count). The minimum atomic E-state index is -3.56. The zero-order valence-electron chi connectivity index (χ0n) is 14.8. The van der Waals surface area contributed by atoms with Gasteiger partial charge in [0.2, 0.25) is 5.91 Å². The van der Waals surface area contributed by atoms with Crippen molar-refractivity contribution < 1.29 is 22.7 Å². The number of benzene rings is 1. The molecule has 0 radical (unpaired) electrons. The molecule has 0 aliphatic carbocycles. The third-order valence-corrected chi connectivity index (χ3v) is 7.66. The van der Waals surface area contributed by atoms with Crippen molar-refractivity contribution in [3.8, 4) is 0 Å². The molecule has 7 nitrogen and oxygen atoms in total. The number of carbonyl (C=O) groups excluding carboxylic acids is 2. The van der Waals surface area contributed by atoms with E-state index in [1.165, 1.54) is 22.8 Å². The zero-order chi connectivity index (χ0) is 19.4. The Labute approximate surface area is 162 Å². The Morgan fingerprint density at radius 1 is 1.22 bits per heavy atom. The van der Waals surface area contributed by atoms with E-state index in [1.54, 1.807) is 41.8 Å². The lowest BCUT2D eigenvalue weighted by atomic mass is 9.98. The number of methoxy groups -OCH3 is 1. The van der Waals surface area contributed by atoms with Gasteiger partial charge in [-0.15, -0.1) is 11.3 Å². The molecule has 1 amide bonds. The van der Waals surface area contributed by atoms with E-state index in [0.29, 0.717) is 34.8 Å². The van der Waals surface area contributed by atoms with E-state index < -0.39 is 21.9 Å². The number of nitrogens with zero attached hydrogens (tertiary/aromatic N) is 1. The summed E-state index contributed by atoms with van der Waals surface area (Å²) in [6, 6.07) is 9.64. The molecule has 0 spiro atoms. The standard InChI is InChI=1S/C18H20N2O5S2/c1-25-18(22)13-6-8-15(9-7-13)19-17(21)14-4-2-10-20(12-14)27(23,24)16-5-3-11-26-16/h3,5-9,11,14H,2,4,10,12H2,1H3,(H,19,21)/t14-/m1/s1. The van der Waals surface area contributed by atoms with E-state index in [4.69, 9.17) is 0 Å². The lowest BCUT2D eigenvalue weighted by Gasteiger charge is -2.30. The van der Waals surface area contributed by atoms with Gasteiger partial charge in [0.15, 0.2) is 0 Å². The topological polar surface area (TPSA) is 92.8 Å². The average molecular weight is 409 g/mol. The van der Waals surface area contributed by atoms with Crippen LogP contribution in [-0.2, 0) is 19.6 Å². The fourth-order valence-electron chi connectivity index (χ4n) is 2.96. The van der Waals surface area contributed by atoms with Crippen LogP contribution in [0.2, 0.25) is 0 Å². The Balaban J connectivity index is 1.66. The van der Waals surface area contributed by atoms with Crippen LogP contribution in [0.3, 0.4) is 0 Å². The normalized spacial score (nSPS) is 18.0. The predicted octanol–water partition coefficient (Wildman–Crippen LogP) is 2.57. The van der Waals surface area contributed by atoms with Crippen molar-refractivity contribution in [2.75, 3.05) is 25.5 Å². The van der Waals surface area contributed by atoms with E-state index in [0.717, 1.165) is 0 Å². The van der Waals surface area contributed by atoms with Crippen molar-refractivity contribution in [2.45, 2.75) is 17.1 Å². The number of amides is 1. The maximum absolute atomic E-state index is 12.7. The largest absolute Gasteiger partial charge is 0.465 e. The molecule has 0 unspecified atom stereocenters. The summed E-state index contributed by atoms with van der Waals surface area (Å²) >= 11 is 1.17. The van der Waals surface area contributed by atoms with Crippen LogP contribution in [0.4, 0.5) is 5.69 Å². The SMILES string of the molecule is COC(=O)c1ccc(NC(=O)[C@@H]2CCCN(S(=O)(=O)c3cccs3)C2)cc1. The summed E-state index contributed by atoms with van der Waals surface area (Å²) in [5.41, 5.74) is 0.937. The Hall–Kier alpha value is -2.23. The van der Waals surface area contributed by atoms with Gasteiger partial charge in [0.05, 0.1) is 18.6 Å². The van der Waals surface area contributed by atoms with Crippen molar-refractivity contribution in [3.05, 3.63) is 47.3 Å². The number of piperidine rings is 1. The average Bonchev–Trinajstić information content (AvgIpc) is 3.24. The van der Waals surface area contributed by atoms with Crippen molar-refractivity contribution in [1.82, 2.24) is 4.31 Å². The van der Waals surface area contributed by atoms with Gasteiger partial charge in [0.1, 0.15) is 4.21 Å². The predicted molar refractivity (Wildman–Crippen MR) is 102 cm³/mol. The maximum atomic E-state index is 12.7. The van der Waals surface area contributed by atoms with Gasteiger partial charge in [-0.3, -0.25) is 4.79 Å². The molecule has 1 saturated heterocycles. The first-order valence-electron chi connectivity index (χ1n) is 8.44. The number of nitrogens with one attached hydrogen (secondary N) is 1. The van der Waals surface area contributed by atoms with Crippen LogP contribution < -0.4 is 5.32 Å². The molecule has 144 valence electrons. The monoisotopic (exact) mass is 408 g/mol. The van der Waals surface area contributed by atoms with Crippen molar-refractivity contribution >= 4 is 38.9 Å². The molecule has 1 atom stereocenters. The molecule has 0 saturated carbocycles. The minimum Gasteiger partial charge on any atom is -0.465 e. The van der Waals surface area contributed by atoms with Crippen molar-refractivity contribution in [2.24, 2.45) is 5.92 Å². The fourth-order valence-corrected chi connectivity index (χ4v) is 5.63. The van der Waals surface area contributed by atoms with E-state index in [2.05, 4.69) is 10.1 Å². The van der Waals surface area contributed by atoms with Gasteiger partial charge in [-0.05, 0) is 48.6 Å². The Kier molecular flexibility index (Phi) is 5.93. The second-order valence-corrected chi connectivity index (χ2v) is 9.30. The molecule has 27 heavy (non-hydrogen) atoms. The number of hydrogen-bond donors (Lipinski definition) is 1. The molecule has 9 heteroatoms. The lowest BCUT2D eigenvalue weighted by molar-refractivity contribution is -0.120. The summed E-state index contributed by atoms with van der Waals surface area (Å²) in [6.45, 7) is 0.574. The second kappa shape index (κ2) is 8.20. The van der Waals surface area contributed by atoms with Crippen LogP contribution >= 0.6 is 11.3 Å². The van der Waals surface area contributed by atoms with Crippen LogP contribution in [0.15, 0.2) is 46.0 Å². The molecule has 1 aliphatic heterocycles. The minimum absolute atomic E-state index is 0.159. The molecule has 1 aliphatic rings. The molecule has 2 aromatic rings. The van der Waals surface area contributed by atoms with Gasteiger partial charge >= 0.3 is 5.97 Å². The molecule has 2 heterocycles. The van der Waals surface area contributed by atoms with E-state index in [9.17, 15) is 18.0 Å². The molecule has 1 N–H and O–H groups in total. The molecule has 1 aromatic heterocycles. The quantitative estimate of drug-likeness (QED) is 0.768. The highest BCUT2D eigenvalue weighted by Gasteiger charge is 2.33. The van der Waals surface area contributed by atoms with Crippen molar-refractivity contribution in [3.63, 3.8) is 0 Å². The van der Waals surface area contributed by atoms with Crippen LogP contribution in [0.25, 0.3) is 0 Å². The number of rotatable bonds is 5. The molecule has 1 fully saturated rings. The summed E-state index contributed by atoms with van der Waals surface area (Å²) in [5.74, 6) is -1.10. The summed E-state index contributed by atoms with van der Waals surface area (Å²) in [6.07, 6.45) is 1.26. The summed E-state index contributed by atoms with van der Waals surface area (Å²) in [7, 11) is -2.25. The smallest absolute Gasteiger partial charge is 0.337 e. The van der Waals surface area contributed by atoms with Gasteiger partial charge < -0.3 is 10.1 Å². The van der Waals surface area contributed by atoms with Crippen LogP contribution in [0.1, 0.15) is 23.2 Å².